The number of carbonyl (C=O) groups is 1. The van der Waals surface area contributed by atoms with Gasteiger partial charge >= 0.3 is 0 Å². The first-order valence-corrected chi connectivity index (χ1v) is 9.97. The van der Waals surface area contributed by atoms with Crippen LogP contribution in [-0.4, -0.2) is 11.0 Å². The lowest BCUT2D eigenvalue weighted by atomic mass is 10.2. The van der Waals surface area contributed by atoms with Crippen molar-refractivity contribution < 1.29 is 9.21 Å². The van der Waals surface area contributed by atoms with Crippen molar-refractivity contribution in [1.29, 1.82) is 0 Å². The quantitative estimate of drug-likeness (QED) is 0.318. The van der Waals surface area contributed by atoms with E-state index < -0.39 is 0 Å². The highest BCUT2D eigenvalue weighted by Crippen LogP contribution is 2.31. The molecule has 0 atom stereocenters. The van der Waals surface area contributed by atoms with Crippen LogP contribution in [0.3, 0.4) is 0 Å². The van der Waals surface area contributed by atoms with E-state index in [1.54, 1.807) is 36.4 Å². The molecule has 0 aliphatic rings. The predicted octanol–water partition coefficient (Wildman–Crippen LogP) is 6.54. The average Bonchev–Trinajstić information content (AvgIpc) is 3.10. The van der Waals surface area contributed by atoms with Crippen molar-refractivity contribution in [3.05, 3.63) is 81.0 Å². The van der Waals surface area contributed by atoms with Gasteiger partial charge in [-0.1, -0.05) is 39.1 Å². The summed E-state index contributed by atoms with van der Waals surface area (Å²) in [6.07, 6.45) is 2.88. The van der Waals surface area contributed by atoms with Crippen molar-refractivity contribution in [3.63, 3.8) is 0 Å². The van der Waals surface area contributed by atoms with Crippen molar-refractivity contribution in [2.24, 2.45) is 0 Å². The average molecular weight is 496 g/mol. The zero-order chi connectivity index (χ0) is 20.1. The number of anilines is 1. The second-order valence-electron chi connectivity index (χ2n) is 5.61. The monoisotopic (exact) mass is 494 g/mol. The molecule has 0 bridgehead atoms. The molecule has 142 valence electrons. The number of furan rings is 1. The molecular formula is C20H13BrCl2N2O2S. The molecule has 3 aromatic rings. The van der Waals surface area contributed by atoms with Crippen LogP contribution in [-0.2, 0) is 4.79 Å². The Morgan fingerprint density at radius 2 is 1.82 bits per heavy atom. The first-order chi connectivity index (χ1) is 13.4. The maximum absolute atomic E-state index is 12.0. The van der Waals surface area contributed by atoms with Gasteiger partial charge in [-0.2, -0.15) is 0 Å². The number of hydrogen-bond donors (Lipinski definition) is 2. The Morgan fingerprint density at radius 1 is 1.07 bits per heavy atom. The highest BCUT2D eigenvalue weighted by atomic mass is 79.9. The number of benzene rings is 2. The third-order valence-corrected chi connectivity index (χ3v) is 4.84. The summed E-state index contributed by atoms with van der Waals surface area (Å²) in [6.45, 7) is 0. The van der Waals surface area contributed by atoms with Crippen LogP contribution in [0.4, 0.5) is 5.69 Å². The van der Waals surface area contributed by atoms with Gasteiger partial charge in [-0.3, -0.25) is 10.1 Å². The number of hydrogen-bond acceptors (Lipinski definition) is 3. The lowest BCUT2D eigenvalue weighted by molar-refractivity contribution is -0.115. The third-order valence-electron chi connectivity index (χ3n) is 3.56. The second-order valence-corrected chi connectivity index (χ2v) is 7.78. The minimum atomic E-state index is -0.378. The summed E-state index contributed by atoms with van der Waals surface area (Å²) in [7, 11) is 0. The van der Waals surface area contributed by atoms with E-state index in [1.807, 2.05) is 24.3 Å². The Kier molecular flexibility index (Phi) is 6.91. The molecule has 0 fully saturated rings. The number of amides is 1. The van der Waals surface area contributed by atoms with Crippen LogP contribution in [0.5, 0.6) is 0 Å². The van der Waals surface area contributed by atoms with Crippen LogP contribution in [0, 0.1) is 0 Å². The van der Waals surface area contributed by atoms with Gasteiger partial charge in [-0.05, 0) is 72.9 Å². The van der Waals surface area contributed by atoms with Gasteiger partial charge in [0.05, 0.1) is 5.02 Å². The fraction of sp³-hybridized carbons (Fsp3) is 0. The molecular weight excluding hydrogens is 483 g/mol. The van der Waals surface area contributed by atoms with Crippen LogP contribution in [0.25, 0.3) is 17.4 Å². The molecule has 2 aromatic carbocycles. The molecule has 0 aliphatic heterocycles. The molecule has 4 nitrogen and oxygen atoms in total. The molecule has 28 heavy (non-hydrogen) atoms. The lowest BCUT2D eigenvalue weighted by Crippen LogP contribution is -2.32. The second kappa shape index (κ2) is 9.39. The summed E-state index contributed by atoms with van der Waals surface area (Å²) in [5, 5.41) is 6.73. The van der Waals surface area contributed by atoms with Gasteiger partial charge in [-0.25, -0.2) is 0 Å². The topological polar surface area (TPSA) is 54.3 Å². The van der Waals surface area contributed by atoms with Crippen LogP contribution in [0.2, 0.25) is 10.0 Å². The lowest BCUT2D eigenvalue weighted by Gasteiger charge is -2.07. The molecule has 8 heteroatoms. The smallest absolute Gasteiger partial charge is 0.250 e. The molecule has 1 aromatic heterocycles. The summed E-state index contributed by atoms with van der Waals surface area (Å²) in [6, 6.07) is 16.1. The van der Waals surface area contributed by atoms with Crippen LogP contribution < -0.4 is 10.6 Å². The Bertz CT molecular complexity index is 1050. The maximum Gasteiger partial charge on any atom is 0.250 e. The number of carbonyl (C=O) groups excluding carboxylic acids is 1. The largest absolute Gasteiger partial charge is 0.457 e. The summed E-state index contributed by atoms with van der Waals surface area (Å²) >= 11 is 20.6. The third kappa shape index (κ3) is 5.69. The Labute approximate surface area is 185 Å². The highest BCUT2D eigenvalue weighted by molar-refractivity contribution is 9.10. The summed E-state index contributed by atoms with van der Waals surface area (Å²) in [5.74, 6) is 0.703. The molecule has 0 saturated heterocycles. The maximum atomic E-state index is 12.0. The van der Waals surface area contributed by atoms with Crippen LogP contribution in [0.15, 0.2) is 69.6 Å². The zero-order valence-corrected chi connectivity index (χ0v) is 18.1. The first-order valence-electron chi connectivity index (χ1n) is 8.01. The van der Waals surface area contributed by atoms with Crippen molar-refractivity contribution in [2.75, 3.05) is 5.32 Å². The molecule has 3 rings (SSSR count). The van der Waals surface area contributed by atoms with Gasteiger partial charge in [0.2, 0.25) is 5.91 Å². The van der Waals surface area contributed by atoms with E-state index in [4.69, 9.17) is 39.8 Å². The fourth-order valence-electron chi connectivity index (χ4n) is 2.28. The van der Waals surface area contributed by atoms with Crippen LogP contribution >= 0.6 is 51.3 Å². The molecule has 1 heterocycles. The standard InChI is InChI=1S/C20H13BrCl2N2O2S/c21-12-1-4-14(5-2-12)24-20(28)25-19(26)10-7-15-6-9-18(27-15)16-8-3-13(22)11-17(16)23/h1-11H,(H2,24,25,26,28)/b10-7+. The summed E-state index contributed by atoms with van der Waals surface area (Å²) in [4.78, 5) is 12.0. The number of halogens is 3. The minimum Gasteiger partial charge on any atom is -0.457 e. The minimum absolute atomic E-state index is 0.199. The van der Waals surface area contributed by atoms with E-state index in [9.17, 15) is 4.79 Å². The van der Waals surface area contributed by atoms with Gasteiger partial charge < -0.3 is 9.73 Å². The number of rotatable bonds is 4. The summed E-state index contributed by atoms with van der Waals surface area (Å²) < 4.78 is 6.66. The SMILES string of the molecule is O=C(/C=C/c1ccc(-c2ccc(Cl)cc2Cl)o1)NC(=S)Nc1ccc(Br)cc1. The molecule has 1 amide bonds. The Balaban J connectivity index is 1.59. The normalized spacial score (nSPS) is 10.8. The number of thiocarbonyl (C=S) groups is 1. The van der Waals surface area contributed by atoms with Gasteiger partial charge in [0.25, 0.3) is 0 Å². The molecule has 2 N–H and O–H groups in total. The Hall–Kier alpha value is -2.12. The van der Waals surface area contributed by atoms with Crippen molar-refractivity contribution >= 4 is 74.1 Å². The highest BCUT2D eigenvalue weighted by Gasteiger charge is 2.09. The summed E-state index contributed by atoms with van der Waals surface area (Å²) in [5.41, 5.74) is 1.49. The molecule has 0 radical (unpaired) electrons. The van der Waals surface area contributed by atoms with Gasteiger partial charge in [-0.15, -0.1) is 0 Å². The van der Waals surface area contributed by atoms with Crippen LogP contribution in [0.1, 0.15) is 5.76 Å². The Morgan fingerprint density at radius 3 is 2.54 bits per heavy atom. The van der Waals surface area contributed by atoms with E-state index in [-0.39, 0.29) is 11.0 Å². The van der Waals surface area contributed by atoms with E-state index in [0.29, 0.717) is 21.6 Å². The molecule has 0 aliphatic carbocycles. The predicted molar refractivity (Wildman–Crippen MR) is 122 cm³/mol. The van der Waals surface area contributed by atoms with Crippen molar-refractivity contribution in [2.45, 2.75) is 0 Å². The van der Waals surface area contributed by atoms with Gasteiger partial charge in [0.15, 0.2) is 5.11 Å². The molecule has 0 unspecified atom stereocenters. The fourth-order valence-corrected chi connectivity index (χ4v) is 3.27. The van der Waals surface area contributed by atoms with E-state index in [1.165, 1.54) is 6.08 Å². The van der Waals surface area contributed by atoms with Gasteiger partial charge in [0, 0.05) is 26.8 Å². The van der Waals surface area contributed by atoms with Gasteiger partial charge in [0.1, 0.15) is 11.5 Å². The van der Waals surface area contributed by atoms with E-state index in [2.05, 4.69) is 26.6 Å². The van der Waals surface area contributed by atoms with E-state index >= 15 is 0 Å². The first kappa shape index (κ1) is 20.6. The van der Waals surface area contributed by atoms with Crippen molar-refractivity contribution in [1.82, 2.24) is 5.32 Å². The molecule has 0 saturated carbocycles. The van der Waals surface area contributed by atoms with Crippen molar-refractivity contribution in [3.8, 4) is 11.3 Å². The molecule has 0 spiro atoms. The number of nitrogens with one attached hydrogen (secondary N) is 2. The van der Waals surface area contributed by atoms with E-state index in [0.717, 1.165) is 15.7 Å². The zero-order valence-electron chi connectivity index (χ0n) is 14.2.